The maximum atomic E-state index is 13.4. The van der Waals surface area contributed by atoms with E-state index in [2.05, 4.69) is 9.82 Å². The van der Waals surface area contributed by atoms with Gasteiger partial charge in [-0.15, -0.1) is 0 Å². The van der Waals surface area contributed by atoms with Crippen molar-refractivity contribution in [2.24, 2.45) is 0 Å². The summed E-state index contributed by atoms with van der Waals surface area (Å²) in [5.74, 6) is -0.591. The quantitative estimate of drug-likeness (QED) is 0.509. The van der Waals surface area contributed by atoms with E-state index in [4.69, 9.17) is 0 Å². The summed E-state index contributed by atoms with van der Waals surface area (Å²) in [6, 6.07) is 11.4. The minimum atomic E-state index is -4.88. The van der Waals surface area contributed by atoms with Gasteiger partial charge in [0.05, 0.1) is 11.4 Å². The van der Waals surface area contributed by atoms with Gasteiger partial charge in [-0.1, -0.05) is 0 Å². The monoisotopic (exact) mass is 410 g/mol. The number of nitriles is 1. The van der Waals surface area contributed by atoms with Gasteiger partial charge >= 0.3 is 6.18 Å². The predicted molar refractivity (Wildman–Crippen MR) is 92.6 cm³/mol. The molecule has 0 atom stereocenters. The second kappa shape index (κ2) is 7.32. The molecule has 2 aromatic carbocycles. The van der Waals surface area contributed by atoms with Gasteiger partial charge in [0, 0.05) is 11.3 Å². The van der Waals surface area contributed by atoms with Gasteiger partial charge in [-0.05, 0) is 48.5 Å². The third kappa shape index (κ3) is 3.81. The van der Waals surface area contributed by atoms with E-state index < -0.39 is 34.1 Å². The lowest BCUT2D eigenvalue weighted by molar-refractivity contribution is -0.141. The lowest BCUT2D eigenvalue weighted by atomic mass is 10.1. The molecule has 0 saturated carbocycles. The van der Waals surface area contributed by atoms with Crippen molar-refractivity contribution in [2.45, 2.75) is 6.18 Å². The zero-order valence-electron chi connectivity index (χ0n) is 13.7. The van der Waals surface area contributed by atoms with Crippen LogP contribution in [-0.2, 0) is 17.1 Å². The Labute approximate surface area is 157 Å². The summed E-state index contributed by atoms with van der Waals surface area (Å²) >= 11 is 0. The number of nitrogens with zero attached hydrogens (tertiary/aromatic N) is 3. The zero-order chi connectivity index (χ0) is 20.5. The summed E-state index contributed by atoms with van der Waals surface area (Å²) in [4.78, 5) is 0. The highest BCUT2D eigenvalue weighted by atomic mass is 32.2. The van der Waals surface area contributed by atoms with Crippen LogP contribution < -0.4 is 4.72 Å². The van der Waals surface area contributed by atoms with Crippen LogP contribution in [0, 0.1) is 17.1 Å². The maximum Gasteiger partial charge on any atom is 0.436 e. The van der Waals surface area contributed by atoms with Gasteiger partial charge in [0.15, 0.2) is 5.69 Å². The van der Waals surface area contributed by atoms with Crippen molar-refractivity contribution >= 4 is 16.6 Å². The van der Waals surface area contributed by atoms with Crippen LogP contribution in [-0.4, -0.2) is 18.2 Å². The van der Waals surface area contributed by atoms with Gasteiger partial charge in [0.2, 0.25) is 10.9 Å². The summed E-state index contributed by atoms with van der Waals surface area (Å²) < 4.78 is 77.8. The average Bonchev–Trinajstić information content (AvgIpc) is 3.02. The molecule has 3 rings (SSSR count). The van der Waals surface area contributed by atoms with Crippen LogP contribution >= 0.6 is 0 Å². The molecule has 0 aliphatic heterocycles. The van der Waals surface area contributed by atoms with Gasteiger partial charge in [0.25, 0.3) is 0 Å². The summed E-state index contributed by atoms with van der Waals surface area (Å²) in [6.45, 7) is 0. The Morgan fingerprint density at radius 2 is 1.64 bits per heavy atom. The Hall–Kier alpha value is -3.39. The van der Waals surface area contributed by atoms with Crippen LogP contribution in [0.2, 0.25) is 0 Å². The fourth-order valence-corrected chi connectivity index (χ4v) is 2.93. The van der Waals surface area contributed by atoms with Crippen molar-refractivity contribution in [1.82, 2.24) is 9.78 Å². The van der Waals surface area contributed by atoms with Crippen molar-refractivity contribution in [3.05, 3.63) is 65.6 Å². The highest BCUT2D eigenvalue weighted by molar-refractivity contribution is 7.73. The molecule has 0 spiro atoms. The van der Waals surface area contributed by atoms with Gasteiger partial charge in [-0.25, -0.2) is 17.5 Å². The lowest BCUT2D eigenvalue weighted by Gasteiger charge is -2.09. The molecular weight excluding hydrogens is 400 g/mol. The van der Waals surface area contributed by atoms with Gasteiger partial charge in [0.1, 0.15) is 17.4 Å². The van der Waals surface area contributed by atoms with E-state index in [1.807, 2.05) is 0 Å². The number of alkyl halides is 3. The highest BCUT2D eigenvalue weighted by Gasteiger charge is 2.40. The van der Waals surface area contributed by atoms with E-state index in [9.17, 15) is 31.2 Å². The number of hydrogen-bond donors (Lipinski definition) is 2. The smallest absolute Gasteiger partial charge is 0.286 e. The highest BCUT2D eigenvalue weighted by Crippen LogP contribution is 2.37. The fraction of sp³-hybridized carbons (Fsp3) is 0.0588. The first-order chi connectivity index (χ1) is 13.2. The van der Waals surface area contributed by atoms with E-state index in [0.29, 0.717) is 0 Å². The summed E-state index contributed by atoms with van der Waals surface area (Å²) in [5.41, 5.74) is -1.73. The number of thiol groups is 1. The molecule has 0 aliphatic rings. The van der Waals surface area contributed by atoms with Crippen LogP contribution in [0.25, 0.3) is 16.9 Å². The maximum absolute atomic E-state index is 13.4. The first kappa shape index (κ1) is 19.4. The molecule has 0 aliphatic carbocycles. The minimum Gasteiger partial charge on any atom is -0.286 e. The predicted octanol–water partition coefficient (Wildman–Crippen LogP) is 3.51. The van der Waals surface area contributed by atoms with Crippen LogP contribution in [0.3, 0.4) is 0 Å². The van der Waals surface area contributed by atoms with Crippen LogP contribution in [0.4, 0.5) is 23.2 Å². The minimum absolute atomic E-state index is 0.151. The van der Waals surface area contributed by atoms with Crippen molar-refractivity contribution in [1.29, 1.82) is 5.26 Å². The van der Waals surface area contributed by atoms with Crippen molar-refractivity contribution in [2.75, 3.05) is 4.72 Å². The fourth-order valence-electron chi connectivity index (χ4n) is 2.57. The van der Waals surface area contributed by atoms with Crippen molar-refractivity contribution in [3.8, 4) is 23.0 Å². The average molecular weight is 410 g/mol. The largest absolute Gasteiger partial charge is 0.436 e. The van der Waals surface area contributed by atoms with E-state index in [-0.39, 0.29) is 22.6 Å². The van der Waals surface area contributed by atoms with Crippen LogP contribution in [0.1, 0.15) is 11.3 Å². The molecule has 144 valence electrons. The molecule has 11 heteroatoms. The Bertz CT molecular complexity index is 1120. The van der Waals surface area contributed by atoms with E-state index in [1.165, 1.54) is 42.5 Å². The Kier molecular flexibility index (Phi) is 5.06. The van der Waals surface area contributed by atoms with Crippen LogP contribution in [0.15, 0.2) is 48.5 Å². The summed E-state index contributed by atoms with van der Waals surface area (Å²) in [5, 5.41) is 12.9. The Morgan fingerprint density at radius 3 is 2.14 bits per heavy atom. The van der Waals surface area contributed by atoms with E-state index in [0.717, 1.165) is 16.8 Å². The second-order valence-electron chi connectivity index (χ2n) is 5.52. The second-order valence-corrected chi connectivity index (χ2v) is 6.25. The molecule has 0 unspecified atom stereocenters. The third-order valence-electron chi connectivity index (χ3n) is 3.72. The number of aromatic nitrogens is 2. The lowest BCUT2D eigenvalue weighted by Crippen LogP contribution is -2.08. The van der Waals surface area contributed by atoms with Crippen molar-refractivity contribution < 1.29 is 26.0 Å². The van der Waals surface area contributed by atoms with Crippen LogP contribution in [0.5, 0.6) is 0 Å². The van der Waals surface area contributed by atoms with Gasteiger partial charge in [-0.2, -0.15) is 23.5 Å². The first-order valence-electron chi connectivity index (χ1n) is 7.58. The number of hydrogen-bond acceptors (Lipinski definition) is 4. The molecule has 0 radical (unpaired) electrons. The van der Waals surface area contributed by atoms with Gasteiger partial charge in [-0.3, -0.25) is 4.72 Å². The van der Waals surface area contributed by atoms with Gasteiger partial charge < -0.3 is 0 Å². The normalized spacial score (nSPS) is 11.4. The summed E-state index contributed by atoms with van der Waals surface area (Å²) in [6.07, 6.45) is -4.88. The molecule has 0 saturated heterocycles. The first-order valence-corrected chi connectivity index (χ1v) is 8.76. The molecule has 0 fully saturated rings. The molecule has 6 nitrogen and oxygen atoms in total. The molecule has 3 aromatic rings. The summed E-state index contributed by atoms with van der Waals surface area (Å²) in [7, 11) is -2.91. The molecule has 0 amide bonds. The zero-order valence-corrected chi connectivity index (χ0v) is 14.6. The molecule has 28 heavy (non-hydrogen) atoms. The number of nitrogens with one attached hydrogen (secondary N) is 1. The van der Waals surface area contributed by atoms with Crippen molar-refractivity contribution in [3.63, 3.8) is 0 Å². The SMILES string of the molecule is N#Cc1c(C(F)(F)F)nn(-c2ccc(N[SH](=O)=O)cc2)c1-c1ccc(F)cc1. The number of rotatable bonds is 4. The topological polar surface area (TPSA) is 87.8 Å². The number of halogens is 4. The molecule has 0 bridgehead atoms. The standard InChI is InChI=1S/C17H10F4N4O2S/c18-11-3-1-10(2-4-11)15-14(9-22)16(17(19,20)21)23-25(15)13-7-5-12(6-8-13)24-28(26)27/h1-8,28H,(H,24,26,27). The molecule has 1 N–H and O–H groups in total. The third-order valence-corrected chi connectivity index (χ3v) is 4.16. The molecular formula is C17H10F4N4O2S. The molecule has 1 heterocycles. The number of benzene rings is 2. The number of anilines is 1. The van der Waals surface area contributed by atoms with E-state index >= 15 is 0 Å². The van der Waals surface area contributed by atoms with E-state index in [1.54, 1.807) is 0 Å². The Balaban J connectivity index is 2.23. The Morgan fingerprint density at radius 1 is 1.04 bits per heavy atom. The molecule has 1 aromatic heterocycles.